The Bertz CT molecular complexity index is 724. The molecule has 0 spiro atoms. The van der Waals surface area contributed by atoms with Crippen LogP contribution >= 0.6 is 0 Å². The Balaban J connectivity index is 2.45. The smallest absolute Gasteiger partial charge is 0.243 e. The Labute approximate surface area is 111 Å². The van der Waals surface area contributed by atoms with E-state index in [1.54, 1.807) is 12.1 Å². The maximum Gasteiger partial charge on any atom is 0.243 e. The van der Waals surface area contributed by atoms with Crippen molar-refractivity contribution in [3.8, 4) is 0 Å². The fourth-order valence-corrected chi connectivity index (χ4v) is 2.93. The van der Waals surface area contributed by atoms with Crippen LogP contribution in [0.4, 0.5) is 0 Å². The van der Waals surface area contributed by atoms with Crippen LogP contribution in [0.1, 0.15) is 0 Å². The molecule has 0 amide bonds. The first kappa shape index (κ1) is 13.5. The van der Waals surface area contributed by atoms with E-state index in [1.165, 1.54) is 19.2 Å². The van der Waals surface area contributed by atoms with Gasteiger partial charge in [0.1, 0.15) is 0 Å². The standard InChI is InChI=1S/C13H13NO4S/c1-14(9-13(15)16)19(17,18)12-7-6-10-4-2-3-5-11(10)8-12/h2-8H,9H2,1H3,(H,15,16)/p-1. The van der Waals surface area contributed by atoms with E-state index in [9.17, 15) is 18.3 Å². The lowest BCUT2D eigenvalue weighted by Crippen LogP contribution is -2.39. The van der Waals surface area contributed by atoms with Crippen LogP contribution in [0, 0.1) is 0 Å². The number of rotatable bonds is 4. The van der Waals surface area contributed by atoms with Gasteiger partial charge in [-0.2, -0.15) is 4.31 Å². The van der Waals surface area contributed by atoms with Crippen LogP contribution in [-0.4, -0.2) is 32.3 Å². The molecule has 0 unspecified atom stereocenters. The molecule has 0 atom stereocenters. The lowest BCUT2D eigenvalue weighted by Gasteiger charge is -2.17. The average Bonchev–Trinajstić information content (AvgIpc) is 2.37. The minimum Gasteiger partial charge on any atom is -0.549 e. The van der Waals surface area contributed by atoms with Gasteiger partial charge in [-0.05, 0) is 22.9 Å². The number of aliphatic carboxylic acids is 1. The molecule has 19 heavy (non-hydrogen) atoms. The number of carbonyl (C=O) groups excluding carboxylic acids is 1. The molecule has 0 aromatic heterocycles. The number of carboxylic acids is 1. The van der Waals surface area contributed by atoms with Crippen molar-refractivity contribution in [3.05, 3.63) is 42.5 Å². The molecule has 6 heteroatoms. The van der Waals surface area contributed by atoms with Gasteiger partial charge < -0.3 is 9.90 Å². The molecule has 2 rings (SSSR count). The highest BCUT2D eigenvalue weighted by Gasteiger charge is 2.20. The van der Waals surface area contributed by atoms with Crippen molar-refractivity contribution in [1.82, 2.24) is 4.31 Å². The van der Waals surface area contributed by atoms with Crippen molar-refractivity contribution in [2.75, 3.05) is 13.6 Å². The van der Waals surface area contributed by atoms with Crippen LogP contribution in [0.15, 0.2) is 47.4 Å². The van der Waals surface area contributed by atoms with Gasteiger partial charge in [0.15, 0.2) is 0 Å². The summed E-state index contributed by atoms with van der Waals surface area (Å²) >= 11 is 0. The number of likely N-dealkylation sites (N-methyl/N-ethyl adjacent to an activating group) is 1. The molecule has 100 valence electrons. The van der Waals surface area contributed by atoms with Crippen LogP contribution in [0.25, 0.3) is 10.8 Å². The second-order valence-corrected chi connectivity index (χ2v) is 6.19. The van der Waals surface area contributed by atoms with E-state index in [4.69, 9.17) is 0 Å². The van der Waals surface area contributed by atoms with E-state index in [0.717, 1.165) is 15.1 Å². The quantitative estimate of drug-likeness (QED) is 0.801. The van der Waals surface area contributed by atoms with E-state index in [2.05, 4.69) is 0 Å². The molecule has 0 aliphatic rings. The SMILES string of the molecule is CN(CC(=O)[O-])S(=O)(=O)c1ccc2ccccc2c1. The van der Waals surface area contributed by atoms with Gasteiger partial charge in [0.05, 0.1) is 17.4 Å². The van der Waals surface area contributed by atoms with Gasteiger partial charge in [-0.25, -0.2) is 8.42 Å². The number of hydrogen-bond acceptors (Lipinski definition) is 4. The van der Waals surface area contributed by atoms with Crippen molar-refractivity contribution in [2.45, 2.75) is 4.90 Å². The second kappa shape index (κ2) is 4.99. The van der Waals surface area contributed by atoms with Gasteiger partial charge in [0.2, 0.25) is 10.0 Å². The summed E-state index contributed by atoms with van der Waals surface area (Å²) in [5, 5.41) is 12.2. The van der Waals surface area contributed by atoms with Crippen LogP contribution in [-0.2, 0) is 14.8 Å². The normalized spacial score (nSPS) is 11.9. The fourth-order valence-electron chi connectivity index (χ4n) is 1.77. The summed E-state index contributed by atoms with van der Waals surface area (Å²) in [5.74, 6) is -1.44. The average molecular weight is 278 g/mol. The van der Waals surface area contributed by atoms with Crippen molar-refractivity contribution in [2.24, 2.45) is 0 Å². The molecule has 0 heterocycles. The number of benzene rings is 2. The van der Waals surface area contributed by atoms with Gasteiger partial charge in [0.25, 0.3) is 0 Å². The lowest BCUT2D eigenvalue weighted by molar-refractivity contribution is -0.305. The molecule has 0 aliphatic carbocycles. The van der Waals surface area contributed by atoms with Gasteiger partial charge in [0, 0.05) is 7.05 Å². The lowest BCUT2D eigenvalue weighted by atomic mass is 10.1. The minimum absolute atomic E-state index is 0.0648. The van der Waals surface area contributed by atoms with E-state index in [1.807, 2.05) is 18.2 Å². The number of nitrogens with zero attached hydrogens (tertiary/aromatic N) is 1. The fraction of sp³-hybridized carbons (Fsp3) is 0.154. The number of sulfonamides is 1. The van der Waals surface area contributed by atoms with E-state index in [0.29, 0.717) is 0 Å². The van der Waals surface area contributed by atoms with Crippen LogP contribution in [0.5, 0.6) is 0 Å². The number of hydrogen-bond donors (Lipinski definition) is 0. The molecule has 2 aromatic carbocycles. The highest BCUT2D eigenvalue weighted by atomic mass is 32.2. The van der Waals surface area contributed by atoms with E-state index in [-0.39, 0.29) is 4.90 Å². The summed E-state index contributed by atoms with van der Waals surface area (Å²) in [6.45, 7) is -0.671. The molecule has 0 bridgehead atoms. The zero-order valence-electron chi connectivity index (χ0n) is 10.2. The zero-order valence-corrected chi connectivity index (χ0v) is 11.1. The Kier molecular flexibility index (Phi) is 3.55. The molecular weight excluding hydrogens is 266 g/mol. The van der Waals surface area contributed by atoms with Crippen LogP contribution in [0.2, 0.25) is 0 Å². The summed E-state index contributed by atoms with van der Waals surface area (Å²) in [6.07, 6.45) is 0. The predicted molar refractivity (Wildman–Crippen MR) is 68.8 cm³/mol. The monoisotopic (exact) mass is 278 g/mol. The maximum atomic E-state index is 12.1. The van der Waals surface area contributed by atoms with Gasteiger partial charge in [-0.15, -0.1) is 0 Å². The third kappa shape index (κ3) is 2.74. The van der Waals surface area contributed by atoms with E-state index >= 15 is 0 Å². The highest BCUT2D eigenvalue weighted by molar-refractivity contribution is 7.89. The molecule has 0 fully saturated rings. The third-order valence-corrected chi connectivity index (χ3v) is 4.58. The number of carboxylic acid groups (broad SMARTS) is 1. The highest BCUT2D eigenvalue weighted by Crippen LogP contribution is 2.20. The number of carbonyl (C=O) groups is 1. The van der Waals surface area contributed by atoms with Crippen LogP contribution < -0.4 is 5.11 Å². The van der Waals surface area contributed by atoms with Crippen molar-refractivity contribution in [3.63, 3.8) is 0 Å². The Hall–Kier alpha value is -1.92. The zero-order chi connectivity index (χ0) is 14.0. The summed E-state index contributed by atoms with van der Waals surface area (Å²) in [5.41, 5.74) is 0. The Morgan fingerprint density at radius 2 is 1.79 bits per heavy atom. The largest absolute Gasteiger partial charge is 0.549 e. The molecule has 2 aromatic rings. The van der Waals surface area contributed by atoms with Gasteiger partial charge >= 0.3 is 0 Å². The van der Waals surface area contributed by atoms with Crippen molar-refractivity contribution < 1.29 is 18.3 Å². The summed E-state index contributed by atoms with van der Waals surface area (Å²) in [7, 11) is -2.60. The summed E-state index contributed by atoms with van der Waals surface area (Å²) in [6, 6.07) is 12.0. The first-order valence-electron chi connectivity index (χ1n) is 5.56. The molecular formula is C13H12NO4S-. The molecule has 0 radical (unpaired) electrons. The van der Waals surface area contributed by atoms with Crippen molar-refractivity contribution in [1.29, 1.82) is 0 Å². The number of fused-ring (bicyclic) bond motifs is 1. The second-order valence-electron chi connectivity index (χ2n) is 4.14. The molecule has 0 saturated carbocycles. The summed E-state index contributed by atoms with van der Waals surface area (Å²) in [4.78, 5) is 10.5. The minimum atomic E-state index is -3.81. The van der Waals surface area contributed by atoms with Crippen molar-refractivity contribution >= 4 is 26.8 Å². The maximum absolute atomic E-state index is 12.1. The first-order chi connectivity index (χ1) is 8.91. The predicted octanol–water partition coefficient (Wildman–Crippen LogP) is 0.210. The third-order valence-electron chi connectivity index (χ3n) is 2.78. The Morgan fingerprint density at radius 3 is 2.42 bits per heavy atom. The van der Waals surface area contributed by atoms with Crippen LogP contribution in [0.3, 0.4) is 0 Å². The first-order valence-corrected chi connectivity index (χ1v) is 7.00. The summed E-state index contributed by atoms with van der Waals surface area (Å²) < 4.78 is 25.0. The molecule has 5 nitrogen and oxygen atoms in total. The van der Waals surface area contributed by atoms with Gasteiger partial charge in [-0.3, -0.25) is 0 Å². The molecule has 0 aliphatic heterocycles. The topological polar surface area (TPSA) is 77.5 Å². The van der Waals surface area contributed by atoms with Gasteiger partial charge in [-0.1, -0.05) is 30.3 Å². The molecule has 0 N–H and O–H groups in total. The Morgan fingerprint density at radius 1 is 1.16 bits per heavy atom. The molecule has 0 saturated heterocycles. The van der Waals surface area contributed by atoms with E-state index < -0.39 is 22.5 Å².